The van der Waals surface area contributed by atoms with Crippen molar-refractivity contribution in [3.8, 4) is 5.75 Å². The molecule has 35 heavy (non-hydrogen) atoms. The number of benzene rings is 2. The van der Waals surface area contributed by atoms with E-state index < -0.39 is 10.0 Å². The van der Waals surface area contributed by atoms with Crippen molar-refractivity contribution in [2.24, 2.45) is 0 Å². The molecule has 0 radical (unpaired) electrons. The molecule has 1 N–H and O–H groups in total. The number of hydrogen-bond donors (Lipinski definition) is 1. The second-order valence-corrected chi connectivity index (χ2v) is 10.0. The fraction of sp³-hybridized carbons (Fsp3) is 0.269. The molecule has 3 aromatic rings. The predicted octanol–water partition coefficient (Wildman–Crippen LogP) is 3.52. The van der Waals surface area contributed by atoms with E-state index in [0.717, 1.165) is 23.5 Å². The Labute approximate surface area is 205 Å². The van der Waals surface area contributed by atoms with Crippen LogP contribution in [0.3, 0.4) is 0 Å². The van der Waals surface area contributed by atoms with Gasteiger partial charge in [0.15, 0.2) is 0 Å². The SMILES string of the molecule is CCN1C[C@@H](CN(C)C(=O)/C=C/c2ccc(S(=O)(=O)NCc3ccco3)cc2)Oc2ccccc21. The number of fused-ring (bicyclic) bond motifs is 1. The number of amides is 1. The number of hydrogen-bond acceptors (Lipinski definition) is 6. The molecular formula is C26H29N3O5S. The van der Waals surface area contributed by atoms with Gasteiger partial charge < -0.3 is 19.0 Å². The van der Waals surface area contributed by atoms with Crippen LogP contribution in [0.2, 0.25) is 0 Å². The van der Waals surface area contributed by atoms with Gasteiger partial charge in [-0.05, 0) is 55.0 Å². The number of ether oxygens (including phenoxy) is 1. The van der Waals surface area contributed by atoms with Gasteiger partial charge in [0, 0.05) is 19.7 Å². The summed E-state index contributed by atoms with van der Waals surface area (Å²) in [5.41, 5.74) is 1.79. The van der Waals surface area contributed by atoms with Gasteiger partial charge in [-0.25, -0.2) is 13.1 Å². The number of carbonyl (C=O) groups is 1. The number of rotatable bonds is 9. The number of nitrogens with one attached hydrogen (secondary N) is 1. The van der Waals surface area contributed by atoms with Crippen LogP contribution >= 0.6 is 0 Å². The summed E-state index contributed by atoms with van der Waals surface area (Å²) in [6.45, 7) is 4.19. The molecule has 2 heterocycles. The predicted molar refractivity (Wildman–Crippen MR) is 135 cm³/mol. The van der Waals surface area contributed by atoms with E-state index in [4.69, 9.17) is 9.15 Å². The molecule has 9 heteroatoms. The first-order valence-corrected chi connectivity index (χ1v) is 12.9. The molecule has 1 amide bonds. The number of sulfonamides is 1. The lowest BCUT2D eigenvalue weighted by Gasteiger charge is -2.37. The van der Waals surface area contributed by atoms with Gasteiger partial charge in [0.05, 0.1) is 36.5 Å². The first-order valence-electron chi connectivity index (χ1n) is 11.4. The van der Waals surface area contributed by atoms with Gasteiger partial charge in [-0.3, -0.25) is 4.79 Å². The maximum absolute atomic E-state index is 12.7. The molecule has 2 aromatic carbocycles. The number of nitrogens with zero attached hydrogens (tertiary/aromatic N) is 2. The molecule has 4 rings (SSSR count). The normalized spacial score (nSPS) is 15.6. The van der Waals surface area contributed by atoms with Crippen LogP contribution in [0.1, 0.15) is 18.2 Å². The van der Waals surface area contributed by atoms with Crippen LogP contribution in [0.15, 0.2) is 82.3 Å². The highest BCUT2D eigenvalue weighted by atomic mass is 32.2. The van der Waals surface area contributed by atoms with Gasteiger partial charge in [-0.2, -0.15) is 0 Å². The van der Waals surface area contributed by atoms with Crippen molar-refractivity contribution in [1.82, 2.24) is 9.62 Å². The van der Waals surface area contributed by atoms with Crippen molar-refractivity contribution in [3.63, 3.8) is 0 Å². The standard InChI is InChI=1S/C26H29N3O5S/c1-3-29-19-22(34-25-9-5-4-8-24(25)29)18-28(2)26(30)15-12-20-10-13-23(14-11-20)35(31,32)27-17-21-7-6-16-33-21/h4-16,22,27H,3,17-19H2,1-2H3/b15-12+/t22-/m1/s1. The second-order valence-electron chi connectivity index (χ2n) is 8.27. The summed E-state index contributed by atoms with van der Waals surface area (Å²) >= 11 is 0. The molecule has 0 fully saturated rings. The molecule has 1 aliphatic rings. The molecule has 0 aliphatic carbocycles. The lowest BCUT2D eigenvalue weighted by atomic mass is 10.1. The third kappa shape index (κ3) is 6.12. The summed E-state index contributed by atoms with van der Waals surface area (Å²) in [6, 6.07) is 17.6. The number of carbonyl (C=O) groups excluding carboxylic acids is 1. The van der Waals surface area contributed by atoms with E-state index in [1.165, 1.54) is 24.5 Å². The first-order chi connectivity index (χ1) is 16.9. The highest BCUT2D eigenvalue weighted by molar-refractivity contribution is 7.89. The van der Waals surface area contributed by atoms with Gasteiger partial charge >= 0.3 is 0 Å². The van der Waals surface area contributed by atoms with Crippen LogP contribution in [0.5, 0.6) is 5.75 Å². The molecule has 1 atom stereocenters. The molecule has 0 spiro atoms. The Hall–Kier alpha value is -3.56. The maximum atomic E-state index is 12.7. The van der Waals surface area contributed by atoms with Crippen molar-refractivity contribution in [1.29, 1.82) is 0 Å². The summed E-state index contributed by atoms with van der Waals surface area (Å²) in [4.78, 5) is 16.7. The topological polar surface area (TPSA) is 92.1 Å². The molecular weight excluding hydrogens is 466 g/mol. The van der Waals surface area contributed by atoms with Crippen molar-refractivity contribution in [2.75, 3.05) is 31.6 Å². The average Bonchev–Trinajstić information content (AvgIpc) is 3.39. The van der Waals surface area contributed by atoms with Crippen molar-refractivity contribution >= 4 is 27.7 Å². The summed E-state index contributed by atoms with van der Waals surface area (Å²) in [7, 11) is -1.93. The summed E-state index contributed by atoms with van der Waals surface area (Å²) < 4.78 is 38.7. The van der Waals surface area contributed by atoms with E-state index >= 15 is 0 Å². The molecule has 8 nitrogen and oxygen atoms in total. The number of para-hydroxylation sites is 2. The molecule has 0 unspecified atom stereocenters. The van der Waals surface area contributed by atoms with Gasteiger partial charge in [0.25, 0.3) is 0 Å². The van der Waals surface area contributed by atoms with E-state index in [-0.39, 0.29) is 23.5 Å². The Morgan fingerprint density at radius 3 is 2.63 bits per heavy atom. The Morgan fingerprint density at radius 2 is 1.91 bits per heavy atom. The van der Waals surface area contributed by atoms with Crippen LogP contribution in [0.4, 0.5) is 5.69 Å². The Morgan fingerprint density at radius 1 is 1.14 bits per heavy atom. The maximum Gasteiger partial charge on any atom is 0.246 e. The highest BCUT2D eigenvalue weighted by Gasteiger charge is 2.26. The van der Waals surface area contributed by atoms with E-state index in [0.29, 0.717) is 18.8 Å². The van der Waals surface area contributed by atoms with Crippen LogP contribution in [0, 0.1) is 0 Å². The summed E-state index contributed by atoms with van der Waals surface area (Å²) in [5, 5.41) is 0. The number of anilines is 1. The Balaban J connectivity index is 1.32. The van der Waals surface area contributed by atoms with Crippen LogP contribution in [-0.2, 0) is 21.4 Å². The van der Waals surface area contributed by atoms with Crippen molar-refractivity contribution < 1.29 is 22.4 Å². The zero-order valence-electron chi connectivity index (χ0n) is 19.8. The van der Waals surface area contributed by atoms with Gasteiger partial charge in [0.1, 0.15) is 17.6 Å². The lowest BCUT2D eigenvalue weighted by Crippen LogP contribution is -2.46. The van der Waals surface area contributed by atoms with E-state index in [1.54, 1.807) is 42.3 Å². The minimum Gasteiger partial charge on any atom is -0.485 e. The molecule has 1 aromatic heterocycles. The largest absolute Gasteiger partial charge is 0.485 e. The van der Waals surface area contributed by atoms with E-state index in [2.05, 4.69) is 16.5 Å². The lowest BCUT2D eigenvalue weighted by molar-refractivity contribution is -0.125. The quantitative estimate of drug-likeness (QED) is 0.457. The van der Waals surface area contributed by atoms with E-state index in [1.807, 2.05) is 24.3 Å². The summed E-state index contributed by atoms with van der Waals surface area (Å²) in [6.07, 6.45) is 4.50. The van der Waals surface area contributed by atoms with Gasteiger partial charge in [-0.15, -0.1) is 0 Å². The minimum atomic E-state index is -3.67. The third-order valence-electron chi connectivity index (χ3n) is 5.78. The monoisotopic (exact) mass is 495 g/mol. The first kappa shape index (κ1) is 24.6. The minimum absolute atomic E-state index is 0.0735. The molecule has 0 saturated heterocycles. The highest BCUT2D eigenvalue weighted by Crippen LogP contribution is 2.32. The Kier molecular flexibility index (Phi) is 7.57. The summed E-state index contributed by atoms with van der Waals surface area (Å²) in [5.74, 6) is 1.20. The molecule has 0 saturated carbocycles. The van der Waals surface area contributed by atoms with E-state index in [9.17, 15) is 13.2 Å². The van der Waals surface area contributed by atoms with Crippen molar-refractivity contribution in [3.05, 3.63) is 84.3 Å². The average molecular weight is 496 g/mol. The number of furan rings is 1. The zero-order chi connectivity index (χ0) is 24.8. The fourth-order valence-corrected chi connectivity index (χ4v) is 4.88. The second kappa shape index (κ2) is 10.8. The van der Waals surface area contributed by atoms with Gasteiger partial charge in [0.2, 0.25) is 15.9 Å². The Bertz CT molecular complexity index is 1270. The smallest absolute Gasteiger partial charge is 0.246 e. The zero-order valence-corrected chi connectivity index (χ0v) is 20.6. The van der Waals surface area contributed by atoms with Crippen LogP contribution in [0.25, 0.3) is 6.08 Å². The fourth-order valence-electron chi connectivity index (χ4n) is 3.88. The van der Waals surface area contributed by atoms with Crippen LogP contribution in [-0.4, -0.2) is 52.0 Å². The van der Waals surface area contributed by atoms with Gasteiger partial charge in [-0.1, -0.05) is 24.3 Å². The third-order valence-corrected chi connectivity index (χ3v) is 7.20. The molecule has 184 valence electrons. The molecule has 1 aliphatic heterocycles. The molecule has 0 bridgehead atoms. The van der Waals surface area contributed by atoms with Crippen molar-refractivity contribution in [2.45, 2.75) is 24.5 Å². The van der Waals surface area contributed by atoms with Crippen LogP contribution < -0.4 is 14.4 Å². The number of likely N-dealkylation sites (N-methyl/N-ethyl adjacent to an activating group) is 2.